The molecule has 0 radical (unpaired) electrons. The molecule has 0 fully saturated rings. The molecule has 0 bridgehead atoms. The van der Waals surface area contributed by atoms with Crippen molar-refractivity contribution in [3.8, 4) is 0 Å². The third-order valence-electron chi connectivity index (χ3n) is 3.23. The van der Waals surface area contributed by atoms with Crippen LogP contribution in [0, 0.1) is 0 Å². The van der Waals surface area contributed by atoms with Crippen molar-refractivity contribution in [3.63, 3.8) is 0 Å². The number of hydrogen-bond acceptors (Lipinski definition) is 3. The third-order valence-corrected chi connectivity index (χ3v) is 5.04. The van der Waals surface area contributed by atoms with Gasteiger partial charge in [-0.15, -0.1) is 30.1 Å². The topological polar surface area (TPSA) is 12.0 Å². The van der Waals surface area contributed by atoms with Crippen molar-refractivity contribution in [2.45, 2.75) is 22.8 Å². The molecule has 21 heavy (non-hydrogen) atoms. The van der Waals surface area contributed by atoms with Crippen LogP contribution in [0.3, 0.4) is 0 Å². The summed E-state index contributed by atoms with van der Waals surface area (Å²) >= 11 is 3.58. The van der Waals surface area contributed by atoms with Gasteiger partial charge in [0.25, 0.3) is 0 Å². The number of anilines is 1. The van der Waals surface area contributed by atoms with Gasteiger partial charge in [0.15, 0.2) is 0 Å². The lowest BCUT2D eigenvalue weighted by molar-refractivity contribution is 0.877. The number of para-hydroxylation sites is 1. The van der Waals surface area contributed by atoms with Crippen LogP contribution >= 0.6 is 23.5 Å². The first-order chi connectivity index (χ1) is 10.2. The Hall–Kier alpha value is -1.32. The fourth-order valence-corrected chi connectivity index (χ4v) is 3.23. The minimum absolute atomic E-state index is 0.284. The van der Waals surface area contributed by atoms with Crippen LogP contribution in [-0.4, -0.2) is 12.0 Å². The number of benzene rings is 2. The van der Waals surface area contributed by atoms with Gasteiger partial charge in [-0.2, -0.15) is 0 Å². The summed E-state index contributed by atoms with van der Waals surface area (Å²) in [4.78, 5) is 2.57. The molecule has 0 aliphatic rings. The van der Waals surface area contributed by atoms with E-state index in [9.17, 15) is 0 Å². The van der Waals surface area contributed by atoms with Crippen LogP contribution in [0.4, 0.5) is 5.69 Å². The van der Waals surface area contributed by atoms with Gasteiger partial charge < -0.3 is 5.32 Å². The molecular formula is C18H21NS2. The second kappa shape index (κ2) is 8.20. The average Bonchev–Trinajstić information content (AvgIpc) is 2.54. The summed E-state index contributed by atoms with van der Waals surface area (Å²) in [6.07, 6.45) is 4.04. The zero-order chi connectivity index (χ0) is 15.1. The van der Waals surface area contributed by atoms with E-state index in [2.05, 4.69) is 73.6 Å². The normalized spacial score (nSPS) is 11.9. The van der Waals surface area contributed by atoms with Gasteiger partial charge in [0.1, 0.15) is 0 Å². The average molecular weight is 316 g/mol. The van der Waals surface area contributed by atoms with Gasteiger partial charge >= 0.3 is 0 Å². The molecule has 1 N–H and O–H groups in total. The van der Waals surface area contributed by atoms with Crippen LogP contribution in [0.2, 0.25) is 0 Å². The second-order valence-corrected chi connectivity index (χ2v) is 6.68. The summed E-state index contributed by atoms with van der Waals surface area (Å²) in [5, 5.41) is 3.61. The summed E-state index contributed by atoms with van der Waals surface area (Å²) < 4.78 is 0. The van der Waals surface area contributed by atoms with Crippen molar-refractivity contribution in [1.29, 1.82) is 0 Å². The number of nitrogens with one attached hydrogen (secondary N) is 1. The summed E-state index contributed by atoms with van der Waals surface area (Å²) in [6.45, 7) is 5.98. The van der Waals surface area contributed by atoms with Crippen molar-refractivity contribution in [2.75, 3.05) is 17.3 Å². The Morgan fingerprint density at radius 3 is 2.52 bits per heavy atom. The SMILES string of the molecule is C=CCSc1ccccc1NC(C)c1ccc(SC)cc1. The Balaban J connectivity index is 2.10. The molecule has 0 saturated carbocycles. The van der Waals surface area contributed by atoms with E-state index in [1.165, 1.54) is 21.0 Å². The van der Waals surface area contributed by atoms with Gasteiger partial charge in [-0.25, -0.2) is 0 Å². The lowest BCUT2D eigenvalue weighted by Gasteiger charge is -2.18. The predicted molar refractivity (Wildman–Crippen MR) is 97.6 cm³/mol. The Morgan fingerprint density at radius 2 is 1.86 bits per heavy atom. The van der Waals surface area contributed by atoms with E-state index >= 15 is 0 Å². The van der Waals surface area contributed by atoms with Gasteiger partial charge in [-0.1, -0.05) is 30.3 Å². The largest absolute Gasteiger partial charge is 0.378 e. The maximum absolute atomic E-state index is 3.79. The zero-order valence-electron chi connectivity index (χ0n) is 12.5. The maximum atomic E-state index is 3.79. The molecule has 0 aromatic heterocycles. The first-order valence-corrected chi connectivity index (χ1v) is 9.19. The second-order valence-electron chi connectivity index (χ2n) is 4.74. The summed E-state index contributed by atoms with van der Waals surface area (Å²) in [5.74, 6) is 0.926. The quantitative estimate of drug-likeness (QED) is 0.507. The minimum Gasteiger partial charge on any atom is -0.378 e. The highest BCUT2D eigenvalue weighted by Crippen LogP contribution is 2.30. The molecule has 0 heterocycles. The monoisotopic (exact) mass is 315 g/mol. The van der Waals surface area contributed by atoms with Crippen molar-refractivity contribution < 1.29 is 0 Å². The van der Waals surface area contributed by atoms with Crippen LogP contribution in [0.15, 0.2) is 71.0 Å². The van der Waals surface area contributed by atoms with Crippen molar-refractivity contribution in [3.05, 3.63) is 66.7 Å². The zero-order valence-corrected chi connectivity index (χ0v) is 14.1. The van der Waals surface area contributed by atoms with Gasteiger partial charge in [0.2, 0.25) is 0 Å². The lowest BCUT2D eigenvalue weighted by Crippen LogP contribution is -2.07. The van der Waals surface area contributed by atoms with E-state index < -0.39 is 0 Å². The molecule has 0 aliphatic carbocycles. The first-order valence-electron chi connectivity index (χ1n) is 6.98. The first kappa shape index (κ1) is 16.1. The summed E-state index contributed by atoms with van der Waals surface area (Å²) in [6, 6.07) is 17.5. The van der Waals surface area contributed by atoms with E-state index in [4.69, 9.17) is 0 Å². The fraction of sp³-hybridized carbons (Fsp3) is 0.222. The minimum atomic E-state index is 0.284. The van der Waals surface area contributed by atoms with E-state index in [0.717, 1.165) is 5.75 Å². The van der Waals surface area contributed by atoms with Crippen molar-refractivity contribution >= 4 is 29.2 Å². The molecule has 1 unspecified atom stereocenters. The molecule has 0 spiro atoms. The van der Waals surface area contributed by atoms with Crippen LogP contribution in [0.5, 0.6) is 0 Å². The highest BCUT2D eigenvalue weighted by atomic mass is 32.2. The van der Waals surface area contributed by atoms with E-state index in [1.807, 2.05) is 6.08 Å². The van der Waals surface area contributed by atoms with Crippen LogP contribution < -0.4 is 5.32 Å². The molecular weight excluding hydrogens is 294 g/mol. The van der Waals surface area contributed by atoms with Crippen LogP contribution in [0.25, 0.3) is 0 Å². The number of hydrogen-bond donors (Lipinski definition) is 1. The molecule has 2 aromatic carbocycles. The molecule has 0 amide bonds. The van der Waals surface area contributed by atoms with E-state index in [1.54, 1.807) is 23.5 Å². The van der Waals surface area contributed by atoms with Gasteiger partial charge in [-0.3, -0.25) is 0 Å². The molecule has 0 aliphatic heterocycles. The predicted octanol–water partition coefficient (Wildman–Crippen LogP) is 5.86. The highest BCUT2D eigenvalue weighted by Gasteiger charge is 2.08. The molecule has 1 atom stereocenters. The third kappa shape index (κ3) is 4.58. The Bertz CT molecular complexity index is 578. The molecule has 3 heteroatoms. The number of rotatable bonds is 7. The standard InChI is InChI=1S/C18H21NS2/c1-4-13-21-18-8-6-5-7-17(18)19-14(2)15-9-11-16(20-3)12-10-15/h4-12,14,19H,1,13H2,2-3H3. The molecule has 2 aromatic rings. The maximum Gasteiger partial charge on any atom is 0.0486 e. The number of thioether (sulfide) groups is 2. The van der Waals surface area contributed by atoms with Gasteiger partial charge in [-0.05, 0) is 43.0 Å². The fourth-order valence-electron chi connectivity index (χ4n) is 2.07. The van der Waals surface area contributed by atoms with Crippen molar-refractivity contribution in [2.24, 2.45) is 0 Å². The molecule has 2 rings (SSSR count). The van der Waals surface area contributed by atoms with Gasteiger partial charge in [0, 0.05) is 27.3 Å². The summed E-state index contributed by atoms with van der Waals surface area (Å²) in [7, 11) is 0. The Kier molecular flexibility index (Phi) is 6.27. The Labute approximate surface area is 136 Å². The van der Waals surface area contributed by atoms with E-state index in [0.29, 0.717) is 0 Å². The van der Waals surface area contributed by atoms with E-state index in [-0.39, 0.29) is 6.04 Å². The van der Waals surface area contributed by atoms with Crippen LogP contribution in [-0.2, 0) is 0 Å². The van der Waals surface area contributed by atoms with Crippen LogP contribution in [0.1, 0.15) is 18.5 Å². The molecule has 1 nitrogen and oxygen atoms in total. The molecule has 110 valence electrons. The summed E-state index contributed by atoms with van der Waals surface area (Å²) in [5.41, 5.74) is 2.49. The molecule has 0 saturated heterocycles. The van der Waals surface area contributed by atoms with Crippen molar-refractivity contribution in [1.82, 2.24) is 0 Å². The lowest BCUT2D eigenvalue weighted by atomic mass is 10.1. The van der Waals surface area contributed by atoms with Gasteiger partial charge in [0.05, 0.1) is 0 Å². The highest BCUT2D eigenvalue weighted by molar-refractivity contribution is 7.99. The smallest absolute Gasteiger partial charge is 0.0486 e. The Morgan fingerprint density at radius 1 is 1.14 bits per heavy atom.